The number of carbonyl (C=O) groups excluding carboxylic acids is 3. The third-order valence-corrected chi connectivity index (χ3v) is 5.79. The van der Waals surface area contributed by atoms with E-state index in [0.29, 0.717) is 19.3 Å². The summed E-state index contributed by atoms with van der Waals surface area (Å²) < 4.78 is 10.5. The first-order chi connectivity index (χ1) is 9.73. The van der Waals surface area contributed by atoms with E-state index in [4.69, 9.17) is 4.74 Å². The summed E-state index contributed by atoms with van der Waals surface area (Å²) in [6.45, 7) is 7.43. The molecular weight excluding hydrogens is 272 g/mol. The minimum absolute atomic E-state index is 0.0161. The molecule has 1 heterocycles. The van der Waals surface area contributed by atoms with Crippen LogP contribution in [0.3, 0.4) is 0 Å². The number of epoxide rings is 1. The highest BCUT2D eigenvalue weighted by Gasteiger charge is 2.84. The summed E-state index contributed by atoms with van der Waals surface area (Å²) in [7, 11) is 1.27. The molecule has 1 spiro atoms. The molecule has 4 atom stereocenters. The Labute approximate surface area is 123 Å². The lowest BCUT2D eigenvalue weighted by atomic mass is 9.53. The minimum atomic E-state index is -1.07. The highest BCUT2D eigenvalue weighted by Crippen LogP contribution is 2.69. The first kappa shape index (κ1) is 14.4. The molecule has 3 rings (SSSR count). The Morgan fingerprint density at radius 1 is 1.33 bits per heavy atom. The van der Waals surface area contributed by atoms with Gasteiger partial charge >= 0.3 is 5.97 Å². The number of ether oxygens (including phenoxy) is 2. The molecule has 2 saturated carbocycles. The molecule has 21 heavy (non-hydrogen) atoms. The van der Waals surface area contributed by atoms with Gasteiger partial charge in [-0.2, -0.15) is 0 Å². The van der Waals surface area contributed by atoms with Crippen LogP contribution in [0.2, 0.25) is 0 Å². The van der Waals surface area contributed by atoms with Crippen LogP contribution in [0.15, 0.2) is 12.2 Å². The van der Waals surface area contributed by atoms with Gasteiger partial charge in [0.15, 0.2) is 22.8 Å². The highest BCUT2D eigenvalue weighted by atomic mass is 16.6. The Balaban J connectivity index is 1.98. The minimum Gasteiger partial charge on any atom is -0.466 e. The van der Waals surface area contributed by atoms with E-state index in [2.05, 4.69) is 11.3 Å². The maximum atomic E-state index is 13.0. The smallest absolute Gasteiger partial charge is 0.333 e. The van der Waals surface area contributed by atoms with Crippen LogP contribution in [-0.4, -0.2) is 35.8 Å². The normalized spacial score (nSPS) is 44.6. The van der Waals surface area contributed by atoms with E-state index in [1.807, 2.05) is 6.92 Å². The number of Topliss-reactive ketones (excluding diaryl/α,β-unsaturated/α-hetero) is 2. The average Bonchev–Trinajstić information content (AvgIpc) is 3.12. The van der Waals surface area contributed by atoms with Crippen LogP contribution >= 0.6 is 0 Å². The Morgan fingerprint density at radius 2 is 2.00 bits per heavy atom. The molecule has 0 aromatic heterocycles. The van der Waals surface area contributed by atoms with Crippen molar-refractivity contribution in [2.45, 2.75) is 50.7 Å². The van der Waals surface area contributed by atoms with Crippen molar-refractivity contribution in [1.82, 2.24) is 0 Å². The summed E-state index contributed by atoms with van der Waals surface area (Å²) in [6, 6.07) is 0. The van der Waals surface area contributed by atoms with Gasteiger partial charge in [0.25, 0.3) is 0 Å². The fourth-order valence-electron chi connectivity index (χ4n) is 4.37. The summed E-state index contributed by atoms with van der Waals surface area (Å²) in [5.41, 5.74) is -2.27. The number of methoxy groups -OCH3 is 1. The van der Waals surface area contributed by atoms with Crippen LogP contribution in [0.25, 0.3) is 0 Å². The van der Waals surface area contributed by atoms with Crippen LogP contribution in [0, 0.1) is 11.3 Å². The molecule has 5 heteroatoms. The van der Waals surface area contributed by atoms with E-state index < -0.39 is 23.1 Å². The van der Waals surface area contributed by atoms with Crippen LogP contribution in [0.1, 0.15) is 39.5 Å². The third kappa shape index (κ3) is 1.47. The summed E-state index contributed by atoms with van der Waals surface area (Å²) in [4.78, 5) is 36.8. The van der Waals surface area contributed by atoms with Crippen LogP contribution in [0.5, 0.6) is 0 Å². The molecule has 3 fully saturated rings. The predicted octanol–water partition coefficient (Wildman–Crippen LogP) is 1.59. The van der Waals surface area contributed by atoms with Crippen molar-refractivity contribution in [3.8, 4) is 0 Å². The van der Waals surface area contributed by atoms with Crippen molar-refractivity contribution in [2.24, 2.45) is 11.3 Å². The average molecular weight is 292 g/mol. The number of carbonyl (C=O) groups is 3. The Kier molecular flexibility index (Phi) is 2.77. The van der Waals surface area contributed by atoms with E-state index in [-0.39, 0.29) is 22.6 Å². The molecule has 5 nitrogen and oxygen atoms in total. The van der Waals surface area contributed by atoms with Gasteiger partial charge in [0.2, 0.25) is 0 Å². The number of hydrogen-bond donors (Lipinski definition) is 0. The van der Waals surface area contributed by atoms with Crippen molar-refractivity contribution in [2.75, 3.05) is 7.11 Å². The summed E-state index contributed by atoms with van der Waals surface area (Å²) in [6.07, 6.45) is 2.40. The Bertz CT molecular complexity index is 579. The predicted molar refractivity (Wildman–Crippen MR) is 73.5 cm³/mol. The second-order valence-corrected chi connectivity index (χ2v) is 6.77. The second-order valence-electron chi connectivity index (χ2n) is 6.77. The molecule has 0 aromatic carbocycles. The lowest BCUT2D eigenvalue weighted by molar-refractivity contribution is -0.144. The molecule has 3 aliphatic rings. The van der Waals surface area contributed by atoms with Crippen LogP contribution in [-0.2, 0) is 23.9 Å². The molecule has 1 saturated heterocycles. The van der Waals surface area contributed by atoms with E-state index in [1.165, 1.54) is 7.11 Å². The van der Waals surface area contributed by atoms with Gasteiger partial charge < -0.3 is 9.47 Å². The SMILES string of the molecule is C=C(C(=O)OC)[C@@H]1CC[C@@]2(C)CCC(=O)[C@]3(C)O[C@]23C1=O. The molecule has 0 radical (unpaired) electrons. The molecule has 0 N–H and O–H groups in total. The molecule has 0 aromatic rings. The fourth-order valence-corrected chi connectivity index (χ4v) is 4.37. The maximum Gasteiger partial charge on any atom is 0.333 e. The van der Waals surface area contributed by atoms with Gasteiger partial charge in [0.05, 0.1) is 13.0 Å². The Hall–Kier alpha value is -1.49. The standard InChI is InChI=1S/C16H20O5/c1-9(13(19)20-4)10-5-7-14(2)8-6-11(17)15(3)16(14,21-15)12(10)18/h10H,1,5-8H2,2-4H3/t10-,14-,15-,16+/m0/s1. The number of rotatable bonds is 2. The van der Waals surface area contributed by atoms with Gasteiger partial charge in [-0.3, -0.25) is 9.59 Å². The fraction of sp³-hybridized carbons (Fsp3) is 0.688. The number of esters is 1. The van der Waals surface area contributed by atoms with Crippen LogP contribution in [0.4, 0.5) is 0 Å². The summed E-state index contributed by atoms with van der Waals surface area (Å²) >= 11 is 0. The molecule has 1 aliphatic heterocycles. The number of ketones is 2. The van der Waals surface area contributed by atoms with Crippen LogP contribution < -0.4 is 0 Å². The Morgan fingerprint density at radius 3 is 2.62 bits per heavy atom. The second kappa shape index (κ2) is 4.03. The molecule has 114 valence electrons. The van der Waals surface area contributed by atoms with Crippen molar-refractivity contribution in [3.05, 3.63) is 12.2 Å². The summed E-state index contributed by atoms with van der Waals surface area (Å²) in [5.74, 6) is -1.38. The van der Waals surface area contributed by atoms with E-state index in [0.717, 1.165) is 6.42 Å². The maximum absolute atomic E-state index is 13.0. The largest absolute Gasteiger partial charge is 0.466 e. The van der Waals surface area contributed by atoms with E-state index in [9.17, 15) is 14.4 Å². The molecule has 0 amide bonds. The first-order valence-corrected chi connectivity index (χ1v) is 7.28. The van der Waals surface area contributed by atoms with Crippen molar-refractivity contribution in [3.63, 3.8) is 0 Å². The molecule has 0 unspecified atom stereocenters. The van der Waals surface area contributed by atoms with E-state index in [1.54, 1.807) is 6.92 Å². The first-order valence-electron chi connectivity index (χ1n) is 7.28. The zero-order valence-corrected chi connectivity index (χ0v) is 12.7. The topological polar surface area (TPSA) is 73.0 Å². The molecule has 0 bridgehead atoms. The van der Waals surface area contributed by atoms with E-state index >= 15 is 0 Å². The number of hydrogen-bond acceptors (Lipinski definition) is 5. The van der Waals surface area contributed by atoms with Gasteiger partial charge in [-0.15, -0.1) is 0 Å². The van der Waals surface area contributed by atoms with Crippen molar-refractivity contribution in [1.29, 1.82) is 0 Å². The molecular formula is C16H20O5. The lowest BCUT2D eigenvalue weighted by Crippen LogP contribution is -2.58. The highest BCUT2D eigenvalue weighted by molar-refractivity contribution is 6.10. The van der Waals surface area contributed by atoms with Crippen molar-refractivity contribution < 1.29 is 23.9 Å². The molecule has 2 aliphatic carbocycles. The van der Waals surface area contributed by atoms with Gasteiger partial charge in [0, 0.05) is 17.4 Å². The zero-order valence-electron chi connectivity index (χ0n) is 12.7. The van der Waals surface area contributed by atoms with Gasteiger partial charge in [-0.25, -0.2) is 4.79 Å². The summed E-state index contributed by atoms with van der Waals surface area (Å²) in [5, 5.41) is 0. The quantitative estimate of drug-likeness (QED) is 0.439. The zero-order chi connectivity index (χ0) is 15.6. The van der Waals surface area contributed by atoms with Crippen molar-refractivity contribution >= 4 is 17.5 Å². The van der Waals surface area contributed by atoms with Gasteiger partial charge in [0.1, 0.15) is 0 Å². The van der Waals surface area contributed by atoms with Gasteiger partial charge in [-0.1, -0.05) is 13.5 Å². The third-order valence-electron chi connectivity index (χ3n) is 5.79. The lowest BCUT2D eigenvalue weighted by Gasteiger charge is -2.45. The van der Waals surface area contributed by atoms with Gasteiger partial charge in [-0.05, 0) is 26.2 Å². The monoisotopic (exact) mass is 292 g/mol.